The highest BCUT2D eigenvalue weighted by Crippen LogP contribution is 2.18. The van der Waals surface area contributed by atoms with E-state index in [9.17, 15) is 0 Å². The summed E-state index contributed by atoms with van der Waals surface area (Å²) < 4.78 is 0. The molecule has 0 amide bonds. The number of anilines is 1. The summed E-state index contributed by atoms with van der Waals surface area (Å²) in [5.41, 5.74) is 7.62. The van der Waals surface area contributed by atoms with Gasteiger partial charge in [-0.3, -0.25) is 4.90 Å². The third-order valence-electron chi connectivity index (χ3n) is 3.86. The number of rotatable bonds is 4. The second kappa shape index (κ2) is 6.65. The van der Waals surface area contributed by atoms with Crippen molar-refractivity contribution in [3.63, 3.8) is 0 Å². The van der Waals surface area contributed by atoms with E-state index in [0.717, 1.165) is 56.3 Å². The third-order valence-corrected chi connectivity index (χ3v) is 3.86. The predicted octanol–water partition coefficient (Wildman–Crippen LogP) is 1.22. The molecule has 5 heteroatoms. The largest absolute Gasteiger partial charge is 0.353 e. The van der Waals surface area contributed by atoms with Gasteiger partial charge < -0.3 is 10.6 Å². The van der Waals surface area contributed by atoms with Gasteiger partial charge in [-0.1, -0.05) is 30.3 Å². The highest BCUT2D eigenvalue weighted by atomic mass is 15.3. The van der Waals surface area contributed by atoms with Gasteiger partial charge in [-0.15, -0.1) is 10.2 Å². The van der Waals surface area contributed by atoms with Crippen LogP contribution in [-0.4, -0.2) is 54.4 Å². The molecular formula is C16H21N5. The fraction of sp³-hybridized carbons (Fsp3) is 0.375. The quantitative estimate of drug-likeness (QED) is 0.914. The van der Waals surface area contributed by atoms with Gasteiger partial charge in [0, 0.05) is 44.8 Å². The zero-order valence-corrected chi connectivity index (χ0v) is 12.2. The normalized spacial score (nSPS) is 16.1. The van der Waals surface area contributed by atoms with E-state index in [4.69, 9.17) is 5.73 Å². The van der Waals surface area contributed by atoms with Gasteiger partial charge in [0.2, 0.25) is 0 Å². The molecule has 0 radical (unpaired) electrons. The Morgan fingerprint density at radius 3 is 2.29 bits per heavy atom. The number of aromatic nitrogens is 2. The molecule has 3 rings (SSSR count). The van der Waals surface area contributed by atoms with Crippen LogP contribution in [0.3, 0.4) is 0 Å². The minimum Gasteiger partial charge on any atom is -0.353 e. The van der Waals surface area contributed by atoms with Crippen LogP contribution in [0.1, 0.15) is 0 Å². The van der Waals surface area contributed by atoms with Gasteiger partial charge in [0.1, 0.15) is 0 Å². The molecule has 5 nitrogen and oxygen atoms in total. The zero-order chi connectivity index (χ0) is 14.5. The Morgan fingerprint density at radius 2 is 1.67 bits per heavy atom. The summed E-state index contributed by atoms with van der Waals surface area (Å²) in [6.45, 7) is 5.76. The standard InChI is InChI=1S/C16H21N5/c17-8-9-20-10-12-21(13-11-20)16-7-6-15(18-19-16)14-4-2-1-3-5-14/h1-7H,8-13,17H2. The molecule has 2 N–H and O–H groups in total. The Morgan fingerprint density at radius 1 is 0.905 bits per heavy atom. The Balaban J connectivity index is 1.65. The maximum Gasteiger partial charge on any atom is 0.151 e. The van der Waals surface area contributed by atoms with Crippen LogP contribution < -0.4 is 10.6 Å². The molecular weight excluding hydrogens is 262 g/mol. The van der Waals surface area contributed by atoms with Crippen molar-refractivity contribution in [1.82, 2.24) is 15.1 Å². The lowest BCUT2D eigenvalue weighted by Gasteiger charge is -2.34. The number of benzene rings is 1. The van der Waals surface area contributed by atoms with E-state index in [0.29, 0.717) is 0 Å². The van der Waals surface area contributed by atoms with Crippen LogP contribution in [-0.2, 0) is 0 Å². The molecule has 1 aromatic heterocycles. The summed E-state index contributed by atoms with van der Waals surface area (Å²) in [6, 6.07) is 14.2. The molecule has 0 saturated carbocycles. The summed E-state index contributed by atoms with van der Waals surface area (Å²) in [4.78, 5) is 4.68. The van der Waals surface area contributed by atoms with Crippen molar-refractivity contribution in [2.24, 2.45) is 5.73 Å². The molecule has 1 aliphatic rings. The number of piperazine rings is 1. The van der Waals surface area contributed by atoms with Crippen LogP contribution in [0.25, 0.3) is 11.3 Å². The lowest BCUT2D eigenvalue weighted by atomic mass is 10.1. The molecule has 1 aromatic carbocycles. The molecule has 2 aromatic rings. The van der Waals surface area contributed by atoms with Crippen LogP contribution in [0.2, 0.25) is 0 Å². The van der Waals surface area contributed by atoms with Gasteiger partial charge in [-0.2, -0.15) is 0 Å². The van der Waals surface area contributed by atoms with Crippen molar-refractivity contribution in [2.75, 3.05) is 44.2 Å². The average Bonchev–Trinajstić information content (AvgIpc) is 2.57. The van der Waals surface area contributed by atoms with Gasteiger partial charge in [-0.25, -0.2) is 0 Å². The third kappa shape index (κ3) is 3.37. The molecule has 110 valence electrons. The molecule has 21 heavy (non-hydrogen) atoms. The Labute approximate surface area is 125 Å². The van der Waals surface area contributed by atoms with Crippen molar-refractivity contribution in [1.29, 1.82) is 0 Å². The summed E-state index contributed by atoms with van der Waals surface area (Å²) in [6.07, 6.45) is 0. The first-order valence-corrected chi connectivity index (χ1v) is 7.43. The monoisotopic (exact) mass is 283 g/mol. The van der Waals surface area contributed by atoms with Gasteiger partial charge in [0.25, 0.3) is 0 Å². The molecule has 2 heterocycles. The summed E-state index contributed by atoms with van der Waals surface area (Å²) in [7, 11) is 0. The first kappa shape index (κ1) is 14.0. The van der Waals surface area contributed by atoms with E-state index in [1.54, 1.807) is 0 Å². The SMILES string of the molecule is NCCN1CCN(c2ccc(-c3ccccc3)nn2)CC1. The van der Waals surface area contributed by atoms with E-state index < -0.39 is 0 Å². The minimum atomic E-state index is 0.728. The first-order chi connectivity index (χ1) is 10.4. The molecule has 0 atom stereocenters. The molecule has 0 bridgehead atoms. The van der Waals surface area contributed by atoms with Gasteiger partial charge >= 0.3 is 0 Å². The molecule has 0 unspecified atom stereocenters. The number of hydrogen-bond acceptors (Lipinski definition) is 5. The molecule has 1 saturated heterocycles. The van der Waals surface area contributed by atoms with Crippen LogP contribution in [0.15, 0.2) is 42.5 Å². The number of hydrogen-bond donors (Lipinski definition) is 1. The van der Waals surface area contributed by atoms with Gasteiger partial charge in [0.15, 0.2) is 5.82 Å². The first-order valence-electron chi connectivity index (χ1n) is 7.43. The maximum atomic E-state index is 5.60. The summed E-state index contributed by atoms with van der Waals surface area (Å²) >= 11 is 0. The second-order valence-corrected chi connectivity index (χ2v) is 5.26. The van der Waals surface area contributed by atoms with Crippen molar-refractivity contribution >= 4 is 5.82 Å². The fourth-order valence-electron chi connectivity index (χ4n) is 2.64. The van der Waals surface area contributed by atoms with Gasteiger partial charge in [0.05, 0.1) is 5.69 Å². The zero-order valence-electron chi connectivity index (χ0n) is 12.2. The molecule has 0 aliphatic carbocycles. The predicted molar refractivity (Wildman–Crippen MR) is 85.2 cm³/mol. The number of nitrogens with zero attached hydrogens (tertiary/aromatic N) is 4. The van der Waals surface area contributed by atoms with Gasteiger partial charge in [-0.05, 0) is 12.1 Å². The van der Waals surface area contributed by atoms with E-state index in [2.05, 4.69) is 38.2 Å². The van der Waals surface area contributed by atoms with E-state index >= 15 is 0 Å². The molecule has 1 fully saturated rings. The average molecular weight is 283 g/mol. The molecule has 0 spiro atoms. The van der Waals surface area contributed by atoms with Crippen LogP contribution in [0, 0.1) is 0 Å². The minimum absolute atomic E-state index is 0.728. The smallest absolute Gasteiger partial charge is 0.151 e. The topological polar surface area (TPSA) is 58.3 Å². The second-order valence-electron chi connectivity index (χ2n) is 5.26. The van der Waals surface area contributed by atoms with Crippen LogP contribution >= 0.6 is 0 Å². The van der Waals surface area contributed by atoms with Crippen molar-refractivity contribution in [3.05, 3.63) is 42.5 Å². The maximum absolute atomic E-state index is 5.60. The Hall–Kier alpha value is -1.98. The lowest BCUT2D eigenvalue weighted by molar-refractivity contribution is 0.264. The highest BCUT2D eigenvalue weighted by molar-refractivity contribution is 5.59. The van der Waals surface area contributed by atoms with E-state index in [-0.39, 0.29) is 0 Å². The van der Waals surface area contributed by atoms with E-state index in [1.807, 2.05) is 24.3 Å². The van der Waals surface area contributed by atoms with E-state index in [1.165, 1.54) is 0 Å². The highest BCUT2D eigenvalue weighted by Gasteiger charge is 2.17. The van der Waals surface area contributed by atoms with Crippen molar-refractivity contribution in [2.45, 2.75) is 0 Å². The van der Waals surface area contributed by atoms with Crippen LogP contribution in [0.4, 0.5) is 5.82 Å². The lowest BCUT2D eigenvalue weighted by Crippen LogP contribution is -2.48. The summed E-state index contributed by atoms with van der Waals surface area (Å²) in [5.74, 6) is 0.960. The number of nitrogens with two attached hydrogens (primary N) is 1. The van der Waals surface area contributed by atoms with Crippen LogP contribution in [0.5, 0.6) is 0 Å². The Kier molecular flexibility index (Phi) is 4.43. The summed E-state index contributed by atoms with van der Waals surface area (Å²) in [5, 5.41) is 8.74. The van der Waals surface area contributed by atoms with Crippen molar-refractivity contribution in [3.8, 4) is 11.3 Å². The Bertz CT molecular complexity index is 547. The molecule has 1 aliphatic heterocycles. The van der Waals surface area contributed by atoms with Crippen molar-refractivity contribution < 1.29 is 0 Å². The fourth-order valence-corrected chi connectivity index (χ4v) is 2.64.